The maximum atomic E-state index is 11.9. The van der Waals surface area contributed by atoms with Gasteiger partial charge in [0.25, 0.3) is 0 Å². The van der Waals surface area contributed by atoms with E-state index in [4.69, 9.17) is 15.2 Å². The Morgan fingerprint density at radius 3 is 2.64 bits per heavy atom. The molecule has 2 aliphatic rings. The van der Waals surface area contributed by atoms with Gasteiger partial charge >= 0.3 is 0 Å². The van der Waals surface area contributed by atoms with Gasteiger partial charge in [-0.25, -0.2) is 23.4 Å². The highest BCUT2D eigenvalue weighted by atomic mass is 32.2. The summed E-state index contributed by atoms with van der Waals surface area (Å²) in [5.41, 5.74) is 3.18. The molecule has 0 bridgehead atoms. The van der Waals surface area contributed by atoms with Crippen molar-refractivity contribution in [1.82, 2.24) is 24.7 Å². The molecule has 4 aromatic rings. The quantitative estimate of drug-likeness (QED) is 0.263. The number of hydrogen-bond acceptors (Lipinski definition) is 9. The summed E-state index contributed by atoms with van der Waals surface area (Å²) >= 11 is 0. The number of nitrogens with one attached hydrogen (secondary N) is 1. The van der Waals surface area contributed by atoms with Crippen LogP contribution < -0.4 is 10.2 Å². The summed E-state index contributed by atoms with van der Waals surface area (Å²) in [4.78, 5) is 16.2. The van der Waals surface area contributed by atoms with E-state index in [2.05, 4.69) is 65.3 Å². The standard InChI is InChI=1S/C31H36N8O2S/c1-20(2)24-5-6-27(39-17-23(21(39)3)18-42(4,40)41)26-15-34-29(13-25(24)26)36-28-7-12-33-30(37-28)22-14-35-38(16-22)19-31(8-9-31)10-11-32/h5-7,12-16,20-21,23H,8-10,17-19H2,1-4H3,(H,33,34,36,37)/t21-,23-/m1/s1. The minimum atomic E-state index is -3.02. The first-order valence-corrected chi connectivity index (χ1v) is 16.5. The molecule has 4 heterocycles. The van der Waals surface area contributed by atoms with Crippen molar-refractivity contribution in [2.75, 3.05) is 28.8 Å². The zero-order valence-electron chi connectivity index (χ0n) is 24.4. The van der Waals surface area contributed by atoms with Crippen LogP contribution >= 0.6 is 0 Å². The Hall–Kier alpha value is -4.04. The van der Waals surface area contributed by atoms with E-state index in [-0.39, 0.29) is 23.1 Å². The van der Waals surface area contributed by atoms with Crippen molar-refractivity contribution in [2.24, 2.45) is 11.3 Å². The third-order valence-electron chi connectivity index (χ3n) is 8.68. The van der Waals surface area contributed by atoms with Crippen LogP contribution in [0.5, 0.6) is 0 Å². The predicted octanol–water partition coefficient (Wildman–Crippen LogP) is 5.32. The molecule has 42 heavy (non-hydrogen) atoms. The normalized spacial score (nSPS) is 19.5. The van der Waals surface area contributed by atoms with Gasteiger partial charge in [0.15, 0.2) is 5.82 Å². The molecular formula is C31H36N8O2S. The average Bonchev–Trinajstić information content (AvgIpc) is 3.53. The molecule has 1 N–H and O–H groups in total. The number of rotatable bonds is 10. The second kappa shape index (κ2) is 10.7. The smallest absolute Gasteiger partial charge is 0.164 e. The number of pyridine rings is 1. The molecule has 11 heteroatoms. The Morgan fingerprint density at radius 2 is 1.95 bits per heavy atom. The van der Waals surface area contributed by atoms with Crippen molar-refractivity contribution in [1.29, 1.82) is 5.26 Å². The largest absolute Gasteiger partial charge is 0.368 e. The van der Waals surface area contributed by atoms with Crippen LogP contribution in [0.25, 0.3) is 22.2 Å². The molecule has 0 spiro atoms. The van der Waals surface area contributed by atoms with E-state index < -0.39 is 9.84 Å². The molecule has 1 aliphatic carbocycles. The van der Waals surface area contributed by atoms with Crippen molar-refractivity contribution in [2.45, 2.75) is 58.5 Å². The molecule has 1 aromatic carbocycles. The lowest BCUT2D eigenvalue weighted by atomic mass is 9.88. The number of anilines is 3. The van der Waals surface area contributed by atoms with Gasteiger partial charge in [0.05, 0.1) is 23.6 Å². The molecule has 1 saturated carbocycles. The lowest BCUT2D eigenvalue weighted by Gasteiger charge is -2.48. The van der Waals surface area contributed by atoms with Gasteiger partial charge in [-0.05, 0) is 54.8 Å². The van der Waals surface area contributed by atoms with Gasteiger partial charge in [-0.1, -0.05) is 19.9 Å². The Balaban J connectivity index is 1.24. The van der Waals surface area contributed by atoms with Crippen molar-refractivity contribution in [3.63, 3.8) is 0 Å². The summed E-state index contributed by atoms with van der Waals surface area (Å²) in [5, 5.41) is 19.1. The minimum absolute atomic E-state index is 0.0598. The molecule has 0 amide bonds. The van der Waals surface area contributed by atoms with Crippen molar-refractivity contribution in [3.05, 3.63) is 54.6 Å². The Morgan fingerprint density at radius 1 is 1.14 bits per heavy atom. The van der Waals surface area contributed by atoms with Crippen LogP contribution in [0.3, 0.4) is 0 Å². The van der Waals surface area contributed by atoms with Crippen LogP contribution in [0.2, 0.25) is 0 Å². The predicted molar refractivity (Wildman–Crippen MR) is 164 cm³/mol. The van der Waals surface area contributed by atoms with Crippen LogP contribution in [-0.4, -0.2) is 57.7 Å². The van der Waals surface area contributed by atoms with Crippen LogP contribution in [0.4, 0.5) is 17.3 Å². The molecule has 1 aliphatic heterocycles. The third kappa shape index (κ3) is 5.68. The Kier molecular flexibility index (Phi) is 7.13. The SMILES string of the molecule is CC(C)c1ccc(N2C[C@H](CS(C)(=O)=O)[C@H]2C)c2cnc(Nc3ccnc(-c4cnn(CC5(CC#N)CC5)c4)n3)cc12. The minimum Gasteiger partial charge on any atom is -0.368 e. The van der Waals surface area contributed by atoms with Gasteiger partial charge in [0, 0.05) is 72.8 Å². The fourth-order valence-corrected chi connectivity index (χ4v) is 7.16. The van der Waals surface area contributed by atoms with Gasteiger partial charge in [0.1, 0.15) is 21.5 Å². The van der Waals surface area contributed by atoms with Crippen LogP contribution in [0.1, 0.15) is 51.5 Å². The van der Waals surface area contributed by atoms with E-state index in [9.17, 15) is 8.42 Å². The number of hydrogen-bond donors (Lipinski definition) is 1. The van der Waals surface area contributed by atoms with E-state index in [0.717, 1.165) is 41.4 Å². The molecule has 2 fully saturated rings. The van der Waals surface area contributed by atoms with E-state index >= 15 is 0 Å². The molecular weight excluding hydrogens is 548 g/mol. The van der Waals surface area contributed by atoms with Crippen molar-refractivity contribution < 1.29 is 8.42 Å². The Bertz CT molecular complexity index is 1790. The maximum absolute atomic E-state index is 11.9. The number of aromatic nitrogens is 5. The molecule has 218 valence electrons. The van der Waals surface area contributed by atoms with E-state index in [1.807, 2.05) is 23.1 Å². The summed E-state index contributed by atoms with van der Waals surface area (Å²) in [6, 6.07) is 10.6. The lowest BCUT2D eigenvalue weighted by Crippen LogP contribution is -2.57. The van der Waals surface area contributed by atoms with Gasteiger partial charge < -0.3 is 10.2 Å². The second-order valence-corrected chi connectivity index (χ2v) is 14.5. The van der Waals surface area contributed by atoms with E-state index in [1.54, 1.807) is 12.4 Å². The number of nitriles is 1. The van der Waals surface area contributed by atoms with Crippen molar-refractivity contribution in [3.8, 4) is 17.5 Å². The number of fused-ring (bicyclic) bond motifs is 1. The zero-order chi connectivity index (χ0) is 29.6. The first-order valence-electron chi connectivity index (χ1n) is 14.4. The summed E-state index contributed by atoms with van der Waals surface area (Å²) in [7, 11) is -3.02. The van der Waals surface area contributed by atoms with Gasteiger partial charge in [-0.3, -0.25) is 4.68 Å². The fraction of sp³-hybridized carbons (Fsp3) is 0.452. The lowest BCUT2D eigenvalue weighted by molar-refractivity contribution is 0.342. The van der Waals surface area contributed by atoms with Gasteiger partial charge in [0.2, 0.25) is 0 Å². The van der Waals surface area contributed by atoms with Crippen LogP contribution in [0.15, 0.2) is 49.1 Å². The molecule has 1 saturated heterocycles. The highest BCUT2D eigenvalue weighted by Crippen LogP contribution is 2.50. The van der Waals surface area contributed by atoms with Crippen LogP contribution in [-0.2, 0) is 16.4 Å². The first kappa shape index (κ1) is 28.1. The summed E-state index contributed by atoms with van der Waals surface area (Å²) in [6.07, 6.45) is 11.3. The Labute approximate surface area is 246 Å². The molecule has 3 aromatic heterocycles. The van der Waals surface area contributed by atoms with E-state index in [0.29, 0.717) is 36.3 Å². The average molecular weight is 585 g/mol. The number of benzene rings is 1. The zero-order valence-corrected chi connectivity index (χ0v) is 25.3. The van der Waals surface area contributed by atoms with Gasteiger partial charge in [-0.15, -0.1) is 0 Å². The maximum Gasteiger partial charge on any atom is 0.164 e. The highest BCUT2D eigenvalue weighted by Gasteiger charge is 2.43. The van der Waals surface area contributed by atoms with E-state index in [1.165, 1.54) is 11.8 Å². The number of nitrogens with zero attached hydrogens (tertiary/aromatic N) is 7. The molecule has 0 radical (unpaired) electrons. The monoisotopic (exact) mass is 584 g/mol. The molecule has 0 unspecified atom stereocenters. The van der Waals surface area contributed by atoms with Crippen LogP contribution in [0, 0.1) is 22.7 Å². The topological polar surface area (TPSA) is 130 Å². The molecule has 10 nitrogen and oxygen atoms in total. The molecule has 6 rings (SSSR count). The van der Waals surface area contributed by atoms with Gasteiger partial charge in [-0.2, -0.15) is 10.4 Å². The summed E-state index contributed by atoms with van der Waals surface area (Å²) in [5.74, 6) is 2.53. The summed E-state index contributed by atoms with van der Waals surface area (Å²) in [6.45, 7) is 7.90. The third-order valence-corrected chi connectivity index (χ3v) is 9.71. The fourth-order valence-electron chi connectivity index (χ4n) is 6.00. The highest BCUT2D eigenvalue weighted by molar-refractivity contribution is 7.90. The second-order valence-electron chi connectivity index (χ2n) is 12.3. The number of sulfone groups is 1. The molecule has 2 atom stereocenters. The van der Waals surface area contributed by atoms with Crippen molar-refractivity contribution >= 4 is 37.9 Å². The summed E-state index contributed by atoms with van der Waals surface area (Å²) < 4.78 is 25.6. The first-order chi connectivity index (χ1) is 20.0.